The minimum atomic E-state index is -0.509. The molecular weight excluding hydrogens is 226 g/mol. The Kier molecular flexibility index (Phi) is 8.17. The second kappa shape index (κ2) is 8.47. The van der Waals surface area contributed by atoms with E-state index in [1.54, 1.807) is 7.11 Å². The van der Waals surface area contributed by atoms with Crippen molar-refractivity contribution in [3.8, 4) is 6.07 Å². The van der Waals surface area contributed by atoms with Gasteiger partial charge in [0.2, 0.25) is 0 Å². The summed E-state index contributed by atoms with van der Waals surface area (Å²) in [6, 6.07) is 3.16. The smallest absolute Gasteiger partial charge is 0.116 e. The van der Waals surface area contributed by atoms with Crippen molar-refractivity contribution in [3.05, 3.63) is 0 Å². The molecule has 0 aliphatic carbocycles. The average Bonchev–Trinajstić information content (AvgIpc) is 2.32. The van der Waals surface area contributed by atoms with Gasteiger partial charge in [0.1, 0.15) is 5.54 Å². The van der Waals surface area contributed by atoms with Crippen LogP contribution in [0.3, 0.4) is 0 Å². The van der Waals surface area contributed by atoms with Crippen molar-refractivity contribution in [1.29, 1.82) is 5.26 Å². The highest BCUT2D eigenvalue weighted by atomic mass is 16.5. The molecule has 0 amide bonds. The predicted molar refractivity (Wildman–Crippen MR) is 75.5 cm³/mol. The van der Waals surface area contributed by atoms with E-state index in [1.165, 1.54) is 0 Å². The van der Waals surface area contributed by atoms with Gasteiger partial charge in [0.15, 0.2) is 0 Å². The molecule has 0 radical (unpaired) electrons. The summed E-state index contributed by atoms with van der Waals surface area (Å²) in [7, 11) is 1.71. The van der Waals surface area contributed by atoms with Crippen LogP contribution in [0.2, 0.25) is 0 Å². The van der Waals surface area contributed by atoms with Gasteiger partial charge in [-0.1, -0.05) is 6.92 Å². The molecule has 2 atom stereocenters. The Morgan fingerprint density at radius 1 is 1.39 bits per heavy atom. The lowest BCUT2D eigenvalue weighted by Crippen LogP contribution is -2.55. The van der Waals surface area contributed by atoms with Gasteiger partial charge >= 0.3 is 0 Å². The van der Waals surface area contributed by atoms with Crippen molar-refractivity contribution in [2.24, 2.45) is 0 Å². The Hall–Kier alpha value is -0.630. The van der Waals surface area contributed by atoms with Crippen LogP contribution in [0.15, 0.2) is 0 Å². The number of nitrogens with zero attached hydrogens (tertiary/aromatic N) is 2. The van der Waals surface area contributed by atoms with Gasteiger partial charge in [-0.25, -0.2) is 0 Å². The third-order valence-electron chi connectivity index (χ3n) is 3.17. The summed E-state index contributed by atoms with van der Waals surface area (Å²) in [4.78, 5) is 2.32. The van der Waals surface area contributed by atoms with E-state index in [0.717, 1.165) is 19.5 Å². The number of hydrogen-bond acceptors (Lipinski definition) is 4. The molecule has 106 valence electrons. The van der Waals surface area contributed by atoms with Crippen molar-refractivity contribution in [1.82, 2.24) is 10.2 Å². The molecule has 18 heavy (non-hydrogen) atoms. The van der Waals surface area contributed by atoms with Crippen LogP contribution < -0.4 is 5.32 Å². The lowest BCUT2D eigenvalue weighted by atomic mass is 10.0. The van der Waals surface area contributed by atoms with Crippen molar-refractivity contribution >= 4 is 0 Å². The number of ether oxygens (including phenoxy) is 1. The zero-order valence-electron chi connectivity index (χ0n) is 12.8. The van der Waals surface area contributed by atoms with E-state index in [1.807, 2.05) is 6.92 Å². The molecule has 1 N–H and O–H groups in total. The van der Waals surface area contributed by atoms with E-state index in [2.05, 4.69) is 44.0 Å². The first kappa shape index (κ1) is 17.4. The maximum absolute atomic E-state index is 9.39. The quantitative estimate of drug-likeness (QED) is 0.685. The van der Waals surface area contributed by atoms with Gasteiger partial charge in [0.25, 0.3) is 0 Å². The number of hydrogen-bond donors (Lipinski definition) is 1. The molecule has 0 fully saturated rings. The Labute approximate surface area is 112 Å². The van der Waals surface area contributed by atoms with Gasteiger partial charge < -0.3 is 4.74 Å². The maximum Gasteiger partial charge on any atom is 0.116 e. The lowest BCUT2D eigenvalue weighted by molar-refractivity contribution is 0.105. The second-order valence-electron chi connectivity index (χ2n) is 5.46. The normalized spacial score (nSPS) is 16.6. The van der Waals surface area contributed by atoms with E-state index >= 15 is 0 Å². The van der Waals surface area contributed by atoms with Gasteiger partial charge in [0, 0.05) is 32.3 Å². The van der Waals surface area contributed by atoms with Gasteiger partial charge in [0.05, 0.1) is 12.7 Å². The Bertz CT molecular complexity index is 262. The summed E-state index contributed by atoms with van der Waals surface area (Å²) in [6.45, 7) is 12.8. The number of methoxy groups -OCH3 is 1. The zero-order chi connectivity index (χ0) is 14.2. The highest BCUT2D eigenvalue weighted by Gasteiger charge is 2.28. The lowest BCUT2D eigenvalue weighted by Gasteiger charge is -2.36. The molecule has 0 bridgehead atoms. The first-order valence-corrected chi connectivity index (χ1v) is 6.80. The van der Waals surface area contributed by atoms with Crippen LogP contribution in [0.25, 0.3) is 0 Å². The van der Waals surface area contributed by atoms with Crippen molar-refractivity contribution < 1.29 is 4.74 Å². The van der Waals surface area contributed by atoms with Crippen LogP contribution in [0, 0.1) is 11.3 Å². The summed E-state index contributed by atoms with van der Waals surface area (Å²) in [5.41, 5.74) is -0.509. The van der Waals surface area contributed by atoms with Crippen LogP contribution >= 0.6 is 0 Å². The molecule has 0 heterocycles. The summed E-state index contributed by atoms with van der Waals surface area (Å²) in [5, 5.41) is 12.7. The van der Waals surface area contributed by atoms with E-state index < -0.39 is 5.54 Å². The first-order valence-electron chi connectivity index (χ1n) is 6.80. The SMILES string of the molecule is CCC(C)N(CCOC)CC(C)(C#N)NC(C)C. The summed E-state index contributed by atoms with van der Waals surface area (Å²) in [5.74, 6) is 0. The van der Waals surface area contributed by atoms with Crippen LogP contribution in [-0.2, 0) is 4.74 Å². The van der Waals surface area contributed by atoms with Crippen LogP contribution in [0.4, 0.5) is 0 Å². The fourth-order valence-corrected chi connectivity index (χ4v) is 2.08. The summed E-state index contributed by atoms with van der Waals surface area (Å²) in [6.07, 6.45) is 1.08. The molecule has 0 spiro atoms. The van der Waals surface area contributed by atoms with E-state index in [4.69, 9.17) is 4.74 Å². The third-order valence-corrected chi connectivity index (χ3v) is 3.17. The fourth-order valence-electron chi connectivity index (χ4n) is 2.08. The molecule has 0 aliphatic rings. The van der Waals surface area contributed by atoms with Gasteiger partial charge in [-0.05, 0) is 34.1 Å². The van der Waals surface area contributed by atoms with E-state index in [-0.39, 0.29) is 0 Å². The molecule has 4 heteroatoms. The van der Waals surface area contributed by atoms with Gasteiger partial charge in [-0.15, -0.1) is 0 Å². The standard InChI is InChI=1S/C14H29N3O/c1-7-13(4)17(8-9-18-6)11-14(5,10-15)16-12(2)3/h12-13,16H,7-9,11H2,1-6H3. The Morgan fingerprint density at radius 3 is 2.39 bits per heavy atom. The van der Waals surface area contributed by atoms with Crippen LogP contribution in [-0.4, -0.2) is 49.3 Å². The van der Waals surface area contributed by atoms with Crippen molar-refractivity contribution in [2.45, 2.75) is 58.7 Å². The third kappa shape index (κ3) is 6.34. The van der Waals surface area contributed by atoms with Gasteiger partial charge in [-0.3, -0.25) is 10.2 Å². The molecule has 4 nitrogen and oxygen atoms in total. The molecule has 0 rings (SSSR count). The maximum atomic E-state index is 9.39. The predicted octanol–water partition coefficient (Wildman–Crippen LogP) is 2.01. The van der Waals surface area contributed by atoms with E-state index in [9.17, 15) is 5.26 Å². The second-order valence-corrected chi connectivity index (χ2v) is 5.46. The Balaban J connectivity index is 4.65. The summed E-state index contributed by atoms with van der Waals surface area (Å²) >= 11 is 0. The fraction of sp³-hybridized carbons (Fsp3) is 0.929. The highest BCUT2D eigenvalue weighted by molar-refractivity contribution is 5.06. The monoisotopic (exact) mass is 255 g/mol. The Morgan fingerprint density at radius 2 is 2.00 bits per heavy atom. The van der Waals surface area contributed by atoms with Crippen LogP contribution in [0.5, 0.6) is 0 Å². The average molecular weight is 255 g/mol. The molecule has 0 aromatic carbocycles. The van der Waals surface area contributed by atoms with Gasteiger partial charge in [-0.2, -0.15) is 5.26 Å². The topological polar surface area (TPSA) is 48.3 Å². The van der Waals surface area contributed by atoms with Crippen LogP contribution in [0.1, 0.15) is 41.0 Å². The molecule has 0 aromatic rings. The molecule has 0 saturated heterocycles. The number of nitrogens with one attached hydrogen (secondary N) is 1. The zero-order valence-corrected chi connectivity index (χ0v) is 12.8. The number of rotatable bonds is 9. The minimum Gasteiger partial charge on any atom is -0.383 e. The molecule has 0 saturated carbocycles. The summed E-state index contributed by atoms with van der Waals surface area (Å²) < 4.78 is 5.15. The molecule has 0 aromatic heterocycles. The van der Waals surface area contributed by atoms with E-state index in [0.29, 0.717) is 18.7 Å². The minimum absolute atomic E-state index is 0.302. The first-order chi connectivity index (χ1) is 8.38. The van der Waals surface area contributed by atoms with Crippen molar-refractivity contribution in [3.63, 3.8) is 0 Å². The largest absolute Gasteiger partial charge is 0.383 e. The molecule has 2 unspecified atom stereocenters. The van der Waals surface area contributed by atoms with Crippen molar-refractivity contribution in [2.75, 3.05) is 26.8 Å². The number of nitriles is 1. The highest BCUT2D eigenvalue weighted by Crippen LogP contribution is 2.12. The molecule has 0 aliphatic heterocycles. The molecular formula is C14H29N3O.